The van der Waals surface area contributed by atoms with E-state index in [1.165, 1.54) is 35.5 Å². The Balaban J connectivity index is 0. The van der Waals surface area contributed by atoms with Crippen LogP contribution in [0.25, 0.3) is 0 Å². The summed E-state index contributed by atoms with van der Waals surface area (Å²) in [5.41, 5.74) is -1.30. The van der Waals surface area contributed by atoms with Crippen LogP contribution >= 0.6 is 0 Å². The van der Waals surface area contributed by atoms with Crippen LogP contribution in [0.5, 0.6) is 0 Å². The van der Waals surface area contributed by atoms with Crippen LogP contribution in [-0.2, 0) is 33.3 Å². The zero-order valence-electron chi connectivity index (χ0n) is 13.3. The van der Waals surface area contributed by atoms with Gasteiger partial charge in [0.05, 0.1) is 26.7 Å². The number of hydrogen-bond donors (Lipinski definition) is 1. The lowest BCUT2D eigenvalue weighted by molar-refractivity contribution is -0.152. The fraction of sp³-hybridized carbons (Fsp3) is 0.846. The molecule has 0 aromatic rings. The first-order valence-corrected chi connectivity index (χ1v) is 6.15. The minimum atomic E-state index is -1.30. The first-order chi connectivity index (χ1) is 9.88. The van der Waals surface area contributed by atoms with Crippen molar-refractivity contribution in [2.75, 3.05) is 62.0 Å². The van der Waals surface area contributed by atoms with Crippen molar-refractivity contribution in [2.45, 2.75) is 12.0 Å². The van der Waals surface area contributed by atoms with Gasteiger partial charge >= 0.3 is 5.97 Å². The minimum Gasteiger partial charge on any atom is -0.469 e. The van der Waals surface area contributed by atoms with E-state index < -0.39 is 11.6 Å². The standard InChI is InChI=1S/C8H16O5.C5H10O3/c1-11-5-8(10,6-12-2)4-7(9)13-3;1-7-3-5(6)4-8-2/h10H,4-6H2,1-3H3;3-4H2,1-2H3. The molecule has 1 N–H and O–H groups in total. The molecule has 0 spiro atoms. The Morgan fingerprint density at radius 2 is 1.29 bits per heavy atom. The molecular weight excluding hydrogens is 284 g/mol. The monoisotopic (exact) mass is 310 g/mol. The number of esters is 1. The lowest BCUT2D eigenvalue weighted by Crippen LogP contribution is -2.41. The van der Waals surface area contributed by atoms with Crippen molar-refractivity contribution in [3.63, 3.8) is 0 Å². The van der Waals surface area contributed by atoms with Crippen molar-refractivity contribution in [3.05, 3.63) is 0 Å². The summed E-state index contributed by atoms with van der Waals surface area (Å²) in [6, 6.07) is 0. The van der Waals surface area contributed by atoms with Gasteiger partial charge in [-0.05, 0) is 0 Å². The molecule has 0 aromatic carbocycles. The van der Waals surface area contributed by atoms with Crippen molar-refractivity contribution in [3.8, 4) is 0 Å². The lowest BCUT2D eigenvalue weighted by Gasteiger charge is -2.24. The van der Waals surface area contributed by atoms with Gasteiger partial charge in [-0.15, -0.1) is 0 Å². The topological polar surface area (TPSA) is 101 Å². The molecule has 0 amide bonds. The molecule has 126 valence electrons. The Kier molecular flexibility index (Phi) is 14.7. The minimum absolute atomic E-state index is 0.0324. The molecular formula is C13H26O8. The Labute approximate surface area is 125 Å². The number of aliphatic hydroxyl groups is 1. The summed E-state index contributed by atoms with van der Waals surface area (Å²) in [6.07, 6.45) is -0.134. The SMILES string of the molecule is COCC(=O)COC.COCC(O)(COC)CC(=O)OC. The molecule has 0 rings (SSSR count). The van der Waals surface area contributed by atoms with Gasteiger partial charge in [0, 0.05) is 28.4 Å². The average Bonchev–Trinajstić information content (AvgIpc) is 2.40. The van der Waals surface area contributed by atoms with Crippen LogP contribution < -0.4 is 0 Å². The van der Waals surface area contributed by atoms with Gasteiger partial charge < -0.3 is 28.8 Å². The summed E-state index contributed by atoms with van der Waals surface area (Å²) in [7, 11) is 7.11. The van der Waals surface area contributed by atoms with Crippen LogP contribution in [-0.4, -0.2) is 84.4 Å². The third-order valence-electron chi connectivity index (χ3n) is 2.14. The van der Waals surface area contributed by atoms with Gasteiger partial charge in [0.15, 0.2) is 5.78 Å². The Morgan fingerprint density at radius 1 is 0.857 bits per heavy atom. The highest BCUT2D eigenvalue weighted by Gasteiger charge is 2.30. The number of methoxy groups -OCH3 is 5. The van der Waals surface area contributed by atoms with Crippen LogP contribution in [0, 0.1) is 0 Å². The van der Waals surface area contributed by atoms with Gasteiger partial charge in [-0.1, -0.05) is 0 Å². The van der Waals surface area contributed by atoms with Crippen molar-refractivity contribution in [2.24, 2.45) is 0 Å². The zero-order valence-corrected chi connectivity index (χ0v) is 13.3. The molecule has 0 aliphatic heterocycles. The largest absolute Gasteiger partial charge is 0.469 e. The average molecular weight is 310 g/mol. The Bertz CT molecular complexity index is 265. The highest BCUT2D eigenvalue weighted by atomic mass is 16.5. The fourth-order valence-corrected chi connectivity index (χ4v) is 1.39. The van der Waals surface area contributed by atoms with E-state index >= 15 is 0 Å². The van der Waals surface area contributed by atoms with E-state index in [1.807, 2.05) is 0 Å². The lowest BCUT2D eigenvalue weighted by atomic mass is 10.0. The first kappa shape index (κ1) is 22.2. The van der Waals surface area contributed by atoms with Gasteiger partial charge in [-0.2, -0.15) is 0 Å². The maximum absolute atomic E-state index is 10.9. The van der Waals surface area contributed by atoms with Crippen LogP contribution in [0.2, 0.25) is 0 Å². The number of carbonyl (C=O) groups excluding carboxylic acids is 2. The third-order valence-corrected chi connectivity index (χ3v) is 2.14. The normalized spacial score (nSPS) is 10.6. The number of carbonyl (C=O) groups is 2. The van der Waals surface area contributed by atoms with Crippen molar-refractivity contribution < 1.29 is 38.4 Å². The van der Waals surface area contributed by atoms with E-state index in [0.717, 1.165) is 0 Å². The molecule has 0 heterocycles. The summed E-state index contributed by atoms with van der Waals surface area (Å²) in [4.78, 5) is 21.3. The van der Waals surface area contributed by atoms with Crippen LogP contribution in [0.3, 0.4) is 0 Å². The second-order valence-corrected chi connectivity index (χ2v) is 4.25. The maximum atomic E-state index is 10.9. The molecule has 21 heavy (non-hydrogen) atoms. The smallest absolute Gasteiger partial charge is 0.308 e. The first-order valence-electron chi connectivity index (χ1n) is 6.15. The molecule has 0 radical (unpaired) electrons. The van der Waals surface area contributed by atoms with Gasteiger partial charge in [0.2, 0.25) is 0 Å². The van der Waals surface area contributed by atoms with E-state index in [9.17, 15) is 14.7 Å². The quantitative estimate of drug-likeness (QED) is 0.535. The highest BCUT2D eigenvalue weighted by Crippen LogP contribution is 2.12. The molecule has 8 heteroatoms. The summed E-state index contributed by atoms with van der Waals surface area (Å²) in [5, 5.41) is 9.76. The van der Waals surface area contributed by atoms with E-state index in [-0.39, 0.29) is 38.6 Å². The maximum Gasteiger partial charge on any atom is 0.308 e. The molecule has 0 aliphatic rings. The fourth-order valence-electron chi connectivity index (χ4n) is 1.39. The second-order valence-electron chi connectivity index (χ2n) is 4.25. The molecule has 0 aliphatic carbocycles. The molecule has 0 atom stereocenters. The number of hydrogen-bond acceptors (Lipinski definition) is 8. The van der Waals surface area contributed by atoms with Gasteiger partial charge in [0.25, 0.3) is 0 Å². The Hall–Kier alpha value is -1.06. The van der Waals surface area contributed by atoms with Gasteiger partial charge in [-0.25, -0.2) is 0 Å². The number of ether oxygens (including phenoxy) is 5. The Morgan fingerprint density at radius 3 is 1.57 bits per heavy atom. The molecule has 0 bridgehead atoms. The third kappa shape index (κ3) is 13.7. The van der Waals surface area contributed by atoms with Gasteiger partial charge in [0.1, 0.15) is 18.8 Å². The van der Waals surface area contributed by atoms with Crippen LogP contribution in [0.4, 0.5) is 0 Å². The zero-order chi connectivity index (χ0) is 16.7. The van der Waals surface area contributed by atoms with Crippen LogP contribution in [0.15, 0.2) is 0 Å². The molecule has 0 unspecified atom stereocenters. The van der Waals surface area contributed by atoms with E-state index in [4.69, 9.17) is 9.47 Å². The van der Waals surface area contributed by atoms with E-state index in [0.29, 0.717) is 0 Å². The number of ketones is 1. The van der Waals surface area contributed by atoms with Crippen molar-refractivity contribution >= 4 is 11.8 Å². The van der Waals surface area contributed by atoms with E-state index in [1.54, 1.807) is 0 Å². The highest BCUT2D eigenvalue weighted by molar-refractivity contribution is 5.80. The second kappa shape index (κ2) is 13.9. The molecule has 0 saturated heterocycles. The van der Waals surface area contributed by atoms with Crippen molar-refractivity contribution in [1.82, 2.24) is 0 Å². The molecule has 0 aromatic heterocycles. The summed E-state index contributed by atoms with van der Waals surface area (Å²) in [6.45, 7) is 0.369. The predicted molar refractivity (Wildman–Crippen MR) is 74.1 cm³/mol. The van der Waals surface area contributed by atoms with Gasteiger partial charge in [-0.3, -0.25) is 9.59 Å². The predicted octanol–water partition coefficient (Wildman–Crippen LogP) is -0.578. The number of rotatable bonds is 10. The summed E-state index contributed by atoms with van der Waals surface area (Å²) < 4.78 is 23.0. The number of Topliss-reactive ketones (excluding diaryl/α,β-unsaturated/α-hetero) is 1. The van der Waals surface area contributed by atoms with Crippen molar-refractivity contribution in [1.29, 1.82) is 0 Å². The molecule has 0 fully saturated rings. The summed E-state index contributed by atoms with van der Waals surface area (Å²) in [5.74, 6) is -0.522. The molecule has 8 nitrogen and oxygen atoms in total. The van der Waals surface area contributed by atoms with E-state index in [2.05, 4.69) is 14.2 Å². The van der Waals surface area contributed by atoms with Crippen LogP contribution in [0.1, 0.15) is 6.42 Å². The molecule has 0 saturated carbocycles. The summed E-state index contributed by atoms with van der Waals surface area (Å²) >= 11 is 0.